The van der Waals surface area contributed by atoms with Gasteiger partial charge in [-0.25, -0.2) is 9.18 Å². The molecule has 1 saturated heterocycles. The number of benzene rings is 2. The number of carbonyl (C=O) groups is 2. The van der Waals surface area contributed by atoms with E-state index in [0.717, 1.165) is 11.3 Å². The standard InChI is InChI=1S/C23H17FN4O3/c24-17-9-6-15-12-28(20(29)18(15)11-17)13-23(21(30)26-22(31)27-23)16-7-4-14(5-8-16)19-3-1-2-10-25-19/h1-12,29H,13H2,(H2,26,27,30,31)/t23-/m0/s1. The predicted molar refractivity (Wildman–Crippen MR) is 112 cm³/mol. The Hall–Kier alpha value is -4.20. The molecule has 3 amide bonds. The molecule has 0 saturated carbocycles. The summed E-state index contributed by atoms with van der Waals surface area (Å²) < 4.78 is 15.0. The number of hydrogen-bond donors (Lipinski definition) is 3. The first kappa shape index (κ1) is 18.8. The van der Waals surface area contributed by atoms with E-state index in [4.69, 9.17) is 0 Å². The summed E-state index contributed by atoms with van der Waals surface area (Å²) in [6, 6.07) is 16.1. The fourth-order valence-corrected chi connectivity index (χ4v) is 3.95. The first-order valence-corrected chi connectivity index (χ1v) is 9.59. The molecule has 0 bridgehead atoms. The number of aromatic nitrogens is 2. The van der Waals surface area contributed by atoms with Crippen LogP contribution in [0.5, 0.6) is 5.88 Å². The van der Waals surface area contributed by atoms with Gasteiger partial charge in [-0.3, -0.25) is 15.1 Å². The second kappa shape index (κ2) is 6.94. The number of hydrogen-bond acceptors (Lipinski definition) is 4. The summed E-state index contributed by atoms with van der Waals surface area (Å²) >= 11 is 0. The molecule has 1 aliphatic rings. The molecular formula is C23H17FN4O3. The first-order chi connectivity index (χ1) is 15.0. The molecule has 1 aliphatic heterocycles. The lowest BCUT2D eigenvalue weighted by Gasteiger charge is -2.27. The van der Waals surface area contributed by atoms with E-state index in [-0.39, 0.29) is 12.4 Å². The Bertz CT molecular complexity index is 1320. The number of carbonyl (C=O) groups excluding carboxylic acids is 2. The summed E-state index contributed by atoms with van der Waals surface area (Å²) in [6.45, 7) is -0.0738. The summed E-state index contributed by atoms with van der Waals surface area (Å²) in [5.74, 6) is -1.20. The van der Waals surface area contributed by atoms with Crippen LogP contribution in [0.25, 0.3) is 22.0 Å². The van der Waals surface area contributed by atoms with Gasteiger partial charge in [0.15, 0.2) is 11.4 Å². The van der Waals surface area contributed by atoms with Crippen molar-refractivity contribution < 1.29 is 19.1 Å². The van der Waals surface area contributed by atoms with Crippen molar-refractivity contribution in [1.82, 2.24) is 20.2 Å². The molecule has 0 spiro atoms. The van der Waals surface area contributed by atoms with Crippen molar-refractivity contribution in [2.75, 3.05) is 0 Å². The Labute approximate surface area is 176 Å². The van der Waals surface area contributed by atoms with Crippen molar-refractivity contribution in [3.05, 3.63) is 84.4 Å². The molecular weight excluding hydrogens is 399 g/mol. The van der Waals surface area contributed by atoms with E-state index in [1.165, 1.54) is 16.7 Å². The molecule has 3 heterocycles. The first-order valence-electron chi connectivity index (χ1n) is 9.59. The van der Waals surface area contributed by atoms with Gasteiger partial charge in [0.2, 0.25) is 0 Å². The van der Waals surface area contributed by atoms with Crippen LogP contribution in [0.3, 0.4) is 0 Å². The number of urea groups is 1. The highest BCUT2D eigenvalue weighted by molar-refractivity contribution is 6.07. The van der Waals surface area contributed by atoms with Gasteiger partial charge in [-0.05, 0) is 35.9 Å². The lowest BCUT2D eigenvalue weighted by atomic mass is 9.88. The van der Waals surface area contributed by atoms with Crippen LogP contribution >= 0.6 is 0 Å². The van der Waals surface area contributed by atoms with Crippen molar-refractivity contribution >= 4 is 22.7 Å². The highest BCUT2D eigenvalue weighted by atomic mass is 19.1. The van der Waals surface area contributed by atoms with Crippen molar-refractivity contribution in [3.63, 3.8) is 0 Å². The van der Waals surface area contributed by atoms with Crippen LogP contribution in [0.15, 0.2) is 73.1 Å². The van der Waals surface area contributed by atoms with Crippen molar-refractivity contribution in [3.8, 4) is 17.1 Å². The normalized spacial score (nSPS) is 18.2. The number of rotatable bonds is 4. The third kappa shape index (κ3) is 3.09. The lowest BCUT2D eigenvalue weighted by Crippen LogP contribution is -2.47. The lowest BCUT2D eigenvalue weighted by molar-refractivity contribution is -0.124. The molecule has 1 atom stereocenters. The van der Waals surface area contributed by atoms with Crippen molar-refractivity contribution in [1.29, 1.82) is 0 Å². The van der Waals surface area contributed by atoms with Crippen LogP contribution in [0.2, 0.25) is 0 Å². The zero-order valence-corrected chi connectivity index (χ0v) is 16.2. The summed E-state index contributed by atoms with van der Waals surface area (Å²) in [4.78, 5) is 29.2. The van der Waals surface area contributed by atoms with Crippen molar-refractivity contribution in [2.24, 2.45) is 0 Å². The molecule has 0 aliphatic carbocycles. The maximum atomic E-state index is 13.6. The average Bonchev–Trinajstić information content (AvgIpc) is 3.24. The minimum absolute atomic E-state index is 0.0738. The van der Waals surface area contributed by atoms with Gasteiger partial charge >= 0.3 is 6.03 Å². The second-order valence-electron chi connectivity index (χ2n) is 7.42. The molecule has 8 heteroatoms. The molecule has 0 unspecified atom stereocenters. The number of fused-ring (bicyclic) bond motifs is 1. The van der Waals surface area contributed by atoms with Crippen LogP contribution in [0, 0.1) is 5.82 Å². The van der Waals surface area contributed by atoms with Crippen LogP contribution in [-0.4, -0.2) is 26.6 Å². The quantitative estimate of drug-likeness (QED) is 0.445. The summed E-state index contributed by atoms with van der Waals surface area (Å²) in [7, 11) is 0. The minimum atomic E-state index is -1.44. The maximum Gasteiger partial charge on any atom is 0.322 e. The highest BCUT2D eigenvalue weighted by Crippen LogP contribution is 2.34. The SMILES string of the molecule is O=C1NC(=O)[C@](Cn2cc3ccc(F)cc3c2O)(c2ccc(-c3ccccn3)cc2)N1. The van der Waals surface area contributed by atoms with Gasteiger partial charge in [0, 0.05) is 28.7 Å². The van der Waals surface area contributed by atoms with Crippen LogP contribution < -0.4 is 10.6 Å². The fraction of sp³-hybridized carbons (Fsp3) is 0.0870. The Kier molecular flexibility index (Phi) is 4.21. The molecule has 0 radical (unpaired) electrons. The number of nitrogens with zero attached hydrogens (tertiary/aromatic N) is 2. The van der Waals surface area contributed by atoms with E-state index in [1.54, 1.807) is 30.6 Å². The molecule has 5 rings (SSSR count). The van der Waals surface area contributed by atoms with Crippen molar-refractivity contribution in [2.45, 2.75) is 12.1 Å². The molecule has 31 heavy (non-hydrogen) atoms. The number of amides is 3. The number of nitrogens with one attached hydrogen (secondary N) is 2. The molecule has 154 valence electrons. The second-order valence-corrected chi connectivity index (χ2v) is 7.42. The Balaban J connectivity index is 1.57. The summed E-state index contributed by atoms with van der Waals surface area (Å²) in [5.41, 5.74) is 0.734. The van der Waals surface area contributed by atoms with Crippen LogP contribution in [-0.2, 0) is 16.9 Å². The Morgan fingerprint density at radius 3 is 2.55 bits per heavy atom. The average molecular weight is 416 g/mol. The van der Waals surface area contributed by atoms with Gasteiger partial charge in [0.25, 0.3) is 5.91 Å². The molecule has 2 aromatic carbocycles. The van der Waals surface area contributed by atoms with E-state index in [1.807, 2.05) is 30.3 Å². The number of imide groups is 1. The third-order valence-corrected chi connectivity index (χ3v) is 5.51. The zero-order valence-electron chi connectivity index (χ0n) is 16.2. The number of aromatic hydroxyl groups is 1. The van der Waals surface area contributed by atoms with E-state index in [2.05, 4.69) is 15.6 Å². The monoisotopic (exact) mass is 416 g/mol. The largest absolute Gasteiger partial charge is 0.494 e. The van der Waals surface area contributed by atoms with Gasteiger partial charge in [-0.15, -0.1) is 0 Å². The van der Waals surface area contributed by atoms with E-state index in [0.29, 0.717) is 16.3 Å². The number of halogens is 1. The van der Waals surface area contributed by atoms with Crippen LogP contribution in [0.1, 0.15) is 5.56 Å². The fourth-order valence-electron chi connectivity index (χ4n) is 3.95. The molecule has 1 fully saturated rings. The number of pyridine rings is 1. The smallest absolute Gasteiger partial charge is 0.322 e. The topological polar surface area (TPSA) is 96.2 Å². The minimum Gasteiger partial charge on any atom is -0.494 e. The molecule has 3 N–H and O–H groups in total. The van der Waals surface area contributed by atoms with Gasteiger partial charge in [0.1, 0.15) is 5.82 Å². The summed E-state index contributed by atoms with van der Waals surface area (Å²) in [5, 5.41) is 16.5. The molecule has 4 aromatic rings. The van der Waals surface area contributed by atoms with Crippen LogP contribution in [0.4, 0.5) is 9.18 Å². The predicted octanol–water partition coefficient (Wildman–Crippen LogP) is 3.28. The Morgan fingerprint density at radius 1 is 1.06 bits per heavy atom. The molecule has 2 aromatic heterocycles. The van der Waals surface area contributed by atoms with E-state index >= 15 is 0 Å². The maximum absolute atomic E-state index is 13.6. The highest BCUT2D eigenvalue weighted by Gasteiger charge is 2.48. The van der Waals surface area contributed by atoms with Gasteiger partial charge in [-0.2, -0.15) is 0 Å². The summed E-state index contributed by atoms with van der Waals surface area (Å²) in [6.07, 6.45) is 3.31. The Morgan fingerprint density at radius 2 is 1.87 bits per heavy atom. The van der Waals surface area contributed by atoms with E-state index in [9.17, 15) is 19.1 Å². The van der Waals surface area contributed by atoms with E-state index < -0.39 is 23.3 Å². The van der Waals surface area contributed by atoms with Gasteiger partial charge in [0.05, 0.1) is 12.2 Å². The molecule has 7 nitrogen and oxygen atoms in total. The van der Waals surface area contributed by atoms with Gasteiger partial charge in [-0.1, -0.05) is 30.3 Å². The van der Waals surface area contributed by atoms with Gasteiger partial charge < -0.3 is 15.0 Å². The zero-order chi connectivity index (χ0) is 21.6. The third-order valence-electron chi connectivity index (χ3n) is 5.51.